The average molecular weight is 440 g/mol. The molecule has 1 unspecified atom stereocenters. The summed E-state index contributed by atoms with van der Waals surface area (Å²) in [6.45, 7) is 0. The first kappa shape index (κ1) is 20.7. The molecule has 1 saturated carbocycles. The Bertz CT molecular complexity index is 990. The van der Waals surface area contributed by atoms with Gasteiger partial charge in [0, 0.05) is 16.7 Å². The van der Waals surface area contributed by atoms with Crippen molar-refractivity contribution in [2.24, 2.45) is 0 Å². The summed E-state index contributed by atoms with van der Waals surface area (Å²) in [5, 5.41) is 1.78. The quantitative estimate of drug-likeness (QED) is 0.408. The van der Waals surface area contributed by atoms with Gasteiger partial charge in [0.15, 0.2) is 0 Å². The summed E-state index contributed by atoms with van der Waals surface area (Å²) >= 11 is 1.34. The standard InChI is InChI=1S/C22H14F6OS/c23-21(24,25)15-7-3-13(4-8-15)20(12-17(29)19(20)18-2-1-11-30-18)14-5-9-16(10-6-14)22(26,27)28/h1-11,19H,12H2. The molecule has 156 valence electrons. The van der Waals surface area contributed by atoms with Gasteiger partial charge in [-0.1, -0.05) is 30.3 Å². The van der Waals surface area contributed by atoms with Crippen LogP contribution in [0.15, 0.2) is 66.0 Å². The van der Waals surface area contributed by atoms with Crippen LogP contribution in [0.3, 0.4) is 0 Å². The van der Waals surface area contributed by atoms with Crippen molar-refractivity contribution in [3.63, 3.8) is 0 Å². The van der Waals surface area contributed by atoms with E-state index >= 15 is 0 Å². The molecule has 1 aliphatic carbocycles. The summed E-state index contributed by atoms with van der Waals surface area (Å²) < 4.78 is 78.0. The van der Waals surface area contributed by atoms with Gasteiger partial charge in [-0.2, -0.15) is 26.3 Å². The molecule has 1 heterocycles. The zero-order chi connectivity index (χ0) is 21.7. The summed E-state index contributed by atoms with van der Waals surface area (Å²) in [6.07, 6.45) is -9.02. The number of alkyl halides is 6. The van der Waals surface area contributed by atoms with Crippen LogP contribution in [0.2, 0.25) is 0 Å². The summed E-state index contributed by atoms with van der Waals surface area (Å²) in [4.78, 5) is 13.3. The summed E-state index contributed by atoms with van der Waals surface area (Å²) in [6, 6.07) is 12.5. The van der Waals surface area contributed by atoms with E-state index in [2.05, 4.69) is 0 Å². The third-order valence-corrected chi connectivity index (χ3v) is 6.49. The third kappa shape index (κ3) is 3.33. The fourth-order valence-electron chi connectivity index (χ4n) is 4.10. The van der Waals surface area contributed by atoms with E-state index in [1.54, 1.807) is 17.5 Å². The van der Waals surface area contributed by atoms with Gasteiger partial charge < -0.3 is 0 Å². The highest BCUT2D eigenvalue weighted by molar-refractivity contribution is 7.10. The molecule has 0 aliphatic heterocycles. The zero-order valence-electron chi connectivity index (χ0n) is 15.2. The van der Waals surface area contributed by atoms with Gasteiger partial charge in [-0.05, 0) is 46.8 Å². The molecule has 1 aromatic heterocycles. The topological polar surface area (TPSA) is 17.1 Å². The number of carbonyl (C=O) groups excluding carboxylic acids is 1. The van der Waals surface area contributed by atoms with Crippen molar-refractivity contribution in [3.05, 3.63) is 93.2 Å². The van der Waals surface area contributed by atoms with Gasteiger partial charge in [0.2, 0.25) is 0 Å². The number of hydrogen-bond acceptors (Lipinski definition) is 2. The minimum atomic E-state index is -4.51. The Morgan fingerprint density at radius 3 is 1.57 bits per heavy atom. The predicted molar refractivity (Wildman–Crippen MR) is 100 cm³/mol. The molecule has 0 spiro atoms. The largest absolute Gasteiger partial charge is 0.416 e. The molecular formula is C22H14F6OS. The number of carbonyl (C=O) groups is 1. The number of Topliss-reactive ketones (excluding diaryl/α,β-unsaturated/α-hetero) is 1. The SMILES string of the molecule is O=C1CC(c2ccc(C(F)(F)F)cc2)(c2ccc(C(F)(F)F)cc2)C1c1cccs1. The Labute approximate surface area is 172 Å². The lowest BCUT2D eigenvalue weighted by Crippen LogP contribution is -2.50. The molecule has 1 nitrogen and oxygen atoms in total. The molecule has 8 heteroatoms. The smallest absolute Gasteiger partial charge is 0.299 e. The van der Waals surface area contributed by atoms with Crippen LogP contribution in [0.1, 0.15) is 39.5 Å². The number of rotatable bonds is 3. The molecule has 0 saturated heterocycles. The normalized spacial score (nSPS) is 18.9. The van der Waals surface area contributed by atoms with Crippen LogP contribution < -0.4 is 0 Å². The van der Waals surface area contributed by atoms with Crippen LogP contribution >= 0.6 is 11.3 Å². The first-order valence-corrected chi connectivity index (χ1v) is 9.83. The van der Waals surface area contributed by atoms with Crippen LogP contribution in [0.25, 0.3) is 0 Å². The maximum atomic E-state index is 13.0. The maximum Gasteiger partial charge on any atom is 0.416 e. The molecule has 1 fully saturated rings. The van der Waals surface area contributed by atoms with Gasteiger partial charge in [0.05, 0.1) is 17.0 Å². The molecule has 0 bridgehead atoms. The van der Waals surface area contributed by atoms with Gasteiger partial charge in [0.25, 0.3) is 0 Å². The lowest BCUT2D eigenvalue weighted by atomic mass is 9.52. The van der Waals surface area contributed by atoms with Crippen molar-refractivity contribution >= 4 is 17.1 Å². The van der Waals surface area contributed by atoms with Crippen LogP contribution in [0.4, 0.5) is 26.3 Å². The first-order valence-electron chi connectivity index (χ1n) is 8.95. The van der Waals surface area contributed by atoms with E-state index in [1.165, 1.54) is 35.6 Å². The molecule has 0 N–H and O–H groups in total. The Morgan fingerprint density at radius 1 is 0.767 bits per heavy atom. The van der Waals surface area contributed by atoms with E-state index in [9.17, 15) is 31.1 Å². The minimum Gasteiger partial charge on any atom is -0.299 e. The predicted octanol–water partition coefficient (Wildman–Crippen LogP) is 6.83. The van der Waals surface area contributed by atoms with Crippen molar-refractivity contribution < 1.29 is 31.1 Å². The van der Waals surface area contributed by atoms with E-state index in [4.69, 9.17) is 0 Å². The van der Waals surface area contributed by atoms with Gasteiger partial charge in [-0.15, -0.1) is 11.3 Å². The fraction of sp³-hybridized carbons (Fsp3) is 0.227. The third-order valence-electron chi connectivity index (χ3n) is 5.55. The Morgan fingerprint density at radius 2 is 1.23 bits per heavy atom. The van der Waals surface area contributed by atoms with Gasteiger partial charge in [0.1, 0.15) is 5.78 Å². The second-order valence-electron chi connectivity index (χ2n) is 7.21. The zero-order valence-corrected chi connectivity index (χ0v) is 16.0. The van der Waals surface area contributed by atoms with E-state index < -0.39 is 34.8 Å². The van der Waals surface area contributed by atoms with Crippen molar-refractivity contribution in [2.45, 2.75) is 30.1 Å². The molecule has 1 atom stereocenters. The highest BCUT2D eigenvalue weighted by Gasteiger charge is 2.56. The second kappa shape index (κ2) is 6.97. The highest BCUT2D eigenvalue weighted by Crippen LogP contribution is 2.57. The number of ketones is 1. The van der Waals surface area contributed by atoms with Crippen LogP contribution in [-0.4, -0.2) is 5.78 Å². The number of benzene rings is 2. The second-order valence-corrected chi connectivity index (χ2v) is 8.19. The van der Waals surface area contributed by atoms with E-state index in [0.717, 1.165) is 29.1 Å². The molecule has 3 aromatic rings. The van der Waals surface area contributed by atoms with Crippen LogP contribution in [0, 0.1) is 0 Å². The van der Waals surface area contributed by atoms with Crippen LogP contribution in [-0.2, 0) is 22.6 Å². The van der Waals surface area contributed by atoms with E-state index in [-0.39, 0.29) is 12.2 Å². The number of thiophene rings is 1. The first-order chi connectivity index (χ1) is 14.0. The molecule has 2 aromatic carbocycles. The number of halogens is 6. The van der Waals surface area contributed by atoms with Crippen molar-refractivity contribution in [2.75, 3.05) is 0 Å². The Hall–Kier alpha value is -2.61. The highest BCUT2D eigenvalue weighted by atomic mass is 32.1. The Balaban J connectivity index is 1.85. The lowest BCUT2D eigenvalue weighted by Gasteiger charge is -2.49. The monoisotopic (exact) mass is 440 g/mol. The van der Waals surface area contributed by atoms with Crippen molar-refractivity contribution in [3.8, 4) is 0 Å². The minimum absolute atomic E-state index is 0.00625. The average Bonchev–Trinajstić information content (AvgIpc) is 3.18. The van der Waals surface area contributed by atoms with E-state index in [1.807, 2.05) is 0 Å². The molecule has 1 aliphatic rings. The van der Waals surface area contributed by atoms with Gasteiger partial charge in [-0.3, -0.25) is 4.79 Å². The van der Waals surface area contributed by atoms with Crippen LogP contribution in [0.5, 0.6) is 0 Å². The maximum absolute atomic E-state index is 13.0. The van der Waals surface area contributed by atoms with Gasteiger partial charge in [-0.25, -0.2) is 0 Å². The molecule has 4 rings (SSSR count). The molecule has 30 heavy (non-hydrogen) atoms. The summed E-state index contributed by atoms with van der Waals surface area (Å²) in [5.74, 6) is -0.761. The Kier molecular flexibility index (Phi) is 4.80. The van der Waals surface area contributed by atoms with Crippen molar-refractivity contribution in [1.29, 1.82) is 0 Å². The lowest BCUT2D eigenvalue weighted by molar-refractivity contribution is -0.138. The molecule has 0 radical (unpaired) electrons. The summed E-state index contributed by atoms with van der Waals surface area (Å²) in [5.41, 5.74) is -1.74. The van der Waals surface area contributed by atoms with Gasteiger partial charge >= 0.3 is 12.4 Å². The summed E-state index contributed by atoms with van der Waals surface area (Å²) in [7, 11) is 0. The van der Waals surface area contributed by atoms with E-state index in [0.29, 0.717) is 11.1 Å². The van der Waals surface area contributed by atoms with Crippen molar-refractivity contribution in [1.82, 2.24) is 0 Å². The number of hydrogen-bond donors (Lipinski definition) is 0. The molecule has 0 amide bonds. The fourth-order valence-corrected chi connectivity index (χ4v) is 5.04. The molecular weight excluding hydrogens is 426 g/mol.